The molecule has 1 fully saturated rings. The van der Waals surface area contributed by atoms with Crippen LogP contribution in [0.3, 0.4) is 0 Å². The van der Waals surface area contributed by atoms with Crippen molar-refractivity contribution in [2.75, 3.05) is 13.6 Å². The topological polar surface area (TPSA) is 102 Å². The van der Waals surface area contributed by atoms with Gasteiger partial charge in [-0.25, -0.2) is 0 Å². The van der Waals surface area contributed by atoms with Crippen LogP contribution >= 0.6 is 0 Å². The largest absolute Gasteiger partial charge is 0.487 e. The van der Waals surface area contributed by atoms with Crippen LogP contribution in [0.4, 0.5) is 0 Å². The van der Waals surface area contributed by atoms with E-state index in [2.05, 4.69) is 15.4 Å². The summed E-state index contributed by atoms with van der Waals surface area (Å²) in [5, 5.41) is 7.05. The number of aryl methyl sites for hydroxylation is 2. The van der Waals surface area contributed by atoms with Gasteiger partial charge in [-0.2, -0.15) is 5.10 Å². The number of hydrogen-bond acceptors (Lipinski definition) is 6. The number of likely N-dealkylation sites (tertiary alicyclic amines) is 1. The van der Waals surface area contributed by atoms with Gasteiger partial charge in [-0.05, 0) is 44.2 Å². The van der Waals surface area contributed by atoms with Crippen molar-refractivity contribution in [3.8, 4) is 5.75 Å². The minimum absolute atomic E-state index is 0.187. The molecule has 0 radical (unpaired) electrons. The summed E-state index contributed by atoms with van der Waals surface area (Å²) in [5.41, 5.74) is 1.93. The van der Waals surface area contributed by atoms with Crippen LogP contribution in [0.1, 0.15) is 34.1 Å². The van der Waals surface area contributed by atoms with Gasteiger partial charge in [0.15, 0.2) is 5.76 Å². The summed E-state index contributed by atoms with van der Waals surface area (Å²) >= 11 is 0. The molecule has 9 nitrogen and oxygen atoms in total. The Balaban J connectivity index is 1.49. The lowest BCUT2D eigenvalue weighted by Crippen LogP contribution is -2.44. The number of carbonyl (C=O) groups is 2. The monoisotopic (exact) mass is 423 g/mol. The van der Waals surface area contributed by atoms with Gasteiger partial charge >= 0.3 is 0 Å². The molecule has 3 aromatic rings. The Bertz CT molecular complexity index is 1070. The third kappa shape index (κ3) is 4.45. The highest BCUT2D eigenvalue weighted by atomic mass is 16.5. The zero-order chi connectivity index (χ0) is 22.0. The van der Waals surface area contributed by atoms with E-state index in [0.29, 0.717) is 24.5 Å². The third-order valence-electron chi connectivity index (χ3n) is 5.29. The molecule has 1 N–H and O–H groups in total. The highest BCUT2D eigenvalue weighted by Crippen LogP contribution is 2.25. The van der Waals surface area contributed by atoms with Crippen molar-refractivity contribution < 1.29 is 18.7 Å². The van der Waals surface area contributed by atoms with Crippen LogP contribution in [0.2, 0.25) is 0 Å². The zero-order valence-electron chi connectivity index (χ0n) is 17.7. The van der Waals surface area contributed by atoms with E-state index in [4.69, 9.17) is 9.15 Å². The van der Waals surface area contributed by atoms with E-state index in [1.165, 1.54) is 4.90 Å². The molecule has 0 aromatic carbocycles. The molecule has 0 aliphatic carbocycles. The Morgan fingerprint density at radius 3 is 2.81 bits per heavy atom. The maximum Gasteiger partial charge on any atom is 0.290 e. The van der Waals surface area contributed by atoms with Crippen LogP contribution in [0.15, 0.2) is 47.1 Å². The lowest BCUT2D eigenvalue weighted by Gasteiger charge is -2.21. The minimum Gasteiger partial charge on any atom is -0.487 e. The van der Waals surface area contributed by atoms with Gasteiger partial charge in [0.1, 0.15) is 23.7 Å². The molecule has 162 valence electrons. The summed E-state index contributed by atoms with van der Waals surface area (Å²) < 4.78 is 13.6. The minimum atomic E-state index is -0.635. The van der Waals surface area contributed by atoms with Crippen molar-refractivity contribution >= 4 is 11.8 Å². The van der Waals surface area contributed by atoms with E-state index in [9.17, 15) is 9.59 Å². The van der Waals surface area contributed by atoms with Crippen LogP contribution in [-0.2, 0) is 11.3 Å². The maximum atomic E-state index is 13.2. The van der Waals surface area contributed by atoms with E-state index in [1.54, 1.807) is 43.7 Å². The lowest BCUT2D eigenvalue weighted by atomic mass is 10.2. The molecule has 31 heavy (non-hydrogen) atoms. The lowest BCUT2D eigenvalue weighted by molar-refractivity contribution is -0.124. The SMILES string of the molecule is CNC(=O)[C@@H]1C[C@H](Oc2cccnc2)CN1C(=O)c1ccc(Cn2nc(C)cc2C)o1. The number of carbonyl (C=O) groups excluding carboxylic acids is 2. The average molecular weight is 423 g/mol. The van der Waals surface area contributed by atoms with Crippen molar-refractivity contribution in [1.29, 1.82) is 0 Å². The van der Waals surface area contributed by atoms with Gasteiger partial charge in [-0.15, -0.1) is 0 Å². The Hall–Kier alpha value is -3.62. The smallest absolute Gasteiger partial charge is 0.290 e. The summed E-state index contributed by atoms with van der Waals surface area (Å²) in [5.74, 6) is 0.828. The fourth-order valence-corrected chi connectivity index (χ4v) is 3.83. The first-order valence-corrected chi connectivity index (χ1v) is 10.1. The molecule has 1 saturated heterocycles. The average Bonchev–Trinajstić information content (AvgIpc) is 3.47. The van der Waals surface area contributed by atoms with Gasteiger partial charge in [0.2, 0.25) is 5.91 Å². The number of ether oxygens (including phenoxy) is 1. The molecule has 0 unspecified atom stereocenters. The predicted octanol–water partition coefficient (Wildman–Crippen LogP) is 1.94. The van der Waals surface area contributed by atoms with Gasteiger partial charge in [0.05, 0.1) is 25.0 Å². The molecule has 9 heteroatoms. The van der Waals surface area contributed by atoms with Gasteiger partial charge in [0.25, 0.3) is 5.91 Å². The number of furan rings is 1. The highest BCUT2D eigenvalue weighted by molar-refractivity contribution is 5.96. The third-order valence-corrected chi connectivity index (χ3v) is 5.29. The Morgan fingerprint density at radius 2 is 2.13 bits per heavy atom. The molecule has 0 bridgehead atoms. The number of nitrogens with one attached hydrogen (secondary N) is 1. The normalized spacial score (nSPS) is 18.2. The standard InChI is InChI=1S/C22H25N5O4/c1-14-9-15(2)27(25-14)13-17-6-7-20(31-17)22(29)26-12-18(10-19(26)21(28)23-3)30-16-5-4-8-24-11-16/h4-9,11,18-19H,10,12-13H2,1-3H3,(H,23,28)/t18-,19-/m0/s1. The number of pyridine rings is 1. The van der Waals surface area contributed by atoms with Crippen molar-refractivity contribution in [3.63, 3.8) is 0 Å². The predicted molar refractivity (Wildman–Crippen MR) is 112 cm³/mol. The van der Waals surface area contributed by atoms with Gasteiger partial charge in [0, 0.05) is 25.4 Å². The molecule has 2 atom stereocenters. The first-order valence-electron chi connectivity index (χ1n) is 10.1. The molecular formula is C22H25N5O4. The number of nitrogens with zero attached hydrogens (tertiary/aromatic N) is 4. The van der Waals surface area contributed by atoms with E-state index in [1.807, 2.05) is 24.6 Å². The number of amides is 2. The molecule has 3 aromatic heterocycles. The van der Waals surface area contributed by atoms with Crippen molar-refractivity contribution in [2.24, 2.45) is 0 Å². The van der Waals surface area contributed by atoms with Crippen molar-refractivity contribution in [2.45, 2.75) is 39.0 Å². The second kappa shape index (κ2) is 8.63. The second-order valence-corrected chi connectivity index (χ2v) is 7.60. The van der Waals surface area contributed by atoms with Crippen LogP contribution in [0.25, 0.3) is 0 Å². The molecule has 0 spiro atoms. The van der Waals surface area contributed by atoms with Crippen LogP contribution in [0, 0.1) is 13.8 Å². The first kappa shape index (κ1) is 20.6. The Kier molecular flexibility index (Phi) is 5.75. The van der Waals surface area contributed by atoms with Crippen LogP contribution in [-0.4, -0.2) is 57.2 Å². The van der Waals surface area contributed by atoms with Crippen LogP contribution in [0.5, 0.6) is 5.75 Å². The van der Waals surface area contributed by atoms with Crippen molar-refractivity contribution in [1.82, 2.24) is 25.0 Å². The van der Waals surface area contributed by atoms with E-state index in [-0.39, 0.29) is 30.2 Å². The molecule has 4 heterocycles. The highest BCUT2D eigenvalue weighted by Gasteiger charge is 2.41. The van der Waals surface area contributed by atoms with Gasteiger partial charge in [-0.1, -0.05) is 0 Å². The number of rotatable bonds is 6. The zero-order valence-corrected chi connectivity index (χ0v) is 17.7. The summed E-state index contributed by atoms with van der Waals surface area (Å²) in [6, 6.07) is 8.32. The number of aromatic nitrogens is 3. The molecular weight excluding hydrogens is 398 g/mol. The second-order valence-electron chi connectivity index (χ2n) is 7.60. The molecule has 0 saturated carbocycles. The fourth-order valence-electron chi connectivity index (χ4n) is 3.83. The summed E-state index contributed by atoms with van der Waals surface area (Å²) in [6.07, 6.45) is 3.33. The Morgan fingerprint density at radius 1 is 1.29 bits per heavy atom. The molecule has 1 aliphatic heterocycles. The molecule has 2 amide bonds. The molecule has 4 rings (SSSR count). The summed E-state index contributed by atoms with van der Waals surface area (Å²) in [6.45, 7) is 4.60. The number of hydrogen-bond donors (Lipinski definition) is 1. The van der Waals surface area contributed by atoms with E-state index >= 15 is 0 Å². The fraction of sp³-hybridized carbons (Fsp3) is 0.364. The first-order chi connectivity index (χ1) is 14.9. The quantitative estimate of drug-likeness (QED) is 0.650. The Labute approximate surface area is 180 Å². The van der Waals surface area contributed by atoms with Gasteiger partial charge in [-0.3, -0.25) is 19.3 Å². The van der Waals surface area contributed by atoms with Gasteiger partial charge < -0.3 is 19.4 Å². The summed E-state index contributed by atoms with van der Waals surface area (Å²) in [4.78, 5) is 31.1. The van der Waals surface area contributed by atoms with E-state index in [0.717, 1.165) is 11.4 Å². The molecule has 1 aliphatic rings. The maximum absolute atomic E-state index is 13.2. The summed E-state index contributed by atoms with van der Waals surface area (Å²) in [7, 11) is 1.56. The van der Waals surface area contributed by atoms with Crippen molar-refractivity contribution in [3.05, 3.63) is 65.6 Å². The number of likely N-dealkylation sites (N-methyl/N-ethyl adjacent to an activating group) is 1. The van der Waals surface area contributed by atoms with Crippen LogP contribution < -0.4 is 10.1 Å². The van der Waals surface area contributed by atoms with E-state index < -0.39 is 6.04 Å².